The lowest BCUT2D eigenvalue weighted by molar-refractivity contribution is -0.160. The molecule has 3 aromatic rings. The molecule has 0 aliphatic rings. The molecule has 0 spiro atoms. The van der Waals surface area contributed by atoms with Crippen LogP contribution in [-0.2, 0) is 20.9 Å². The molecule has 1 amide bonds. The molecule has 8 nitrogen and oxygen atoms in total. The van der Waals surface area contributed by atoms with E-state index in [2.05, 4.69) is 10.3 Å². The molecule has 27 heavy (non-hydrogen) atoms. The number of carbonyl (C=O) groups excluding carboxylic acids is 2. The molecular weight excluding hydrogens is 348 g/mol. The Morgan fingerprint density at radius 2 is 1.74 bits per heavy atom. The first-order valence-electron chi connectivity index (χ1n) is 8.25. The predicted molar refractivity (Wildman–Crippen MR) is 97.8 cm³/mol. The highest BCUT2D eigenvalue weighted by molar-refractivity contribution is 5.84. The van der Waals surface area contributed by atoms with Gasteiger partial charge >= 0.3 is 5.97 Å². The molecule has 0 radical (unpaired) electrons. The van der Waals surface area contributed by atoms with Crippen molar-refractivity contribution in [2.24, 2.45) is 0 Å². The molecule has 0 saturated heterocycles. The van der Waals surface area contributed by atoms with Crippen LogP contribution in [0.15, 0.2) is 59.4 Å². The van der Waals surface area contributed by atoms with Crippen molar-refractivity contribution in [1.82, 2.24) is 19.9 Å². The second-order valence-electron chi connectivity index (χ2n) is 6.08. The summed E-state index contributed by atoms with van der Waals surface area (Å²) in [5.74, 6) is -1.14. The van der Waals surface area contributed by atoms with Crippen molar-refractivity contribution < 1.29 is 14.3 Å². The van der Waals surface area contributed by atoms with Gasteiger partial charge in [-0.1, -0.05) is 47.7 Å². The van der Waals surface area contributed by atoms with Crippen LogP contribution >= 0.6 is 0 Å². The minimum Gasteiger partial charge on any atom is -0.446 e. The van der Waals surface area contributed by atoms with Gasteiger partial charge in [0.25, 0.3) is 11.5 Å². The molecular formula is C19H18N4O4. The number of fused-ring (bicyclic) bond motifs is 1. The molecule has 2 aromatic carbocycles. The van der Waals surface area contributed by atoms with E-state index in [9.17, 15) is 14.4 Å². The van der Waals surface area contributed by atoms with Crippen molar-refractivity contribution in [2.75, 3.05) is 14.1 Å². The maximum absolute atomic E-state index is 12.4. The maximum Gasteiger partial charge on any atom is 0.329 e. The van der Waals surface area contributed by atoms with E-state index in [0.717, 1.165) is 4.68 Å². The van der Waals surface area contributed by atoms with Gasteiger partial charge in [0.15, 0.2) is 0 Å². The largest absolute Gasteiger partial charge is 0.446 e. The number of benzene rings is 2. The van der Waals surface area contributed by atoms with Gasteiger partial charge in [-0.3, -0.25) is 14.4 Å². The van der Waals surface area contributed by atoms with E-state index in [1.165, 1.54) is 4.90 Å². The molecule has 0 bridgehead atoms. The van der Waals surface area contributed by atoms with Crippen LogP contribution in [0, 0.1) is 0 Å². The first-order chi connectivity index (χ1) is 13.0. The summed E-state index contributed by atoms with van der Waals surface area (Å²) in [6.07, 6.45) is -1.10. The summed E-state index contributed by atoms with van der Waals surface area (Å²) < 4.78 is 6.30. The van der Waals surface area contributed by atoms with Crippen molar-refractivity contribution in [3.05, 3.63) is 70.5 Å². The van der Waals surface area contributed by atoms with Crippen LogP contribution in [-0.4, -0.2) is 45.9 Å². The third-order valence-electron chi connectivity index (χ3n) is 3.92. The third kappa shape index (κ3) is 4.00. The fourth-order valence-electron chi connectivity index (χ4n) is 2.54. The molecule has 138 valence electrons. The number of nitrogens with zero attached hydrogens (tertiary/aromatic N) is 4. The van der Waals surface area contributed by atoms with E-state index in [-0.39, 0.29) is 5.91 Å². The predicted octanol–water partition coefficient (Wildman–Crippen LogP) is 1.16. The van der Waals surface area contributed by atoms with Crippen molar-refractivity contribution in [3.63, 3.8) is 0 Å². The second kappa shape index (κ2) is 7.77. The zero-order chi connectivity index (χ0) is 19.4. The Hall–Kier alpha value is -3.55. The molecule has 1 aromatic heterocycles. The van der Waals surface area contributed by atoms with Crippen LogP contribution in [0.4, 0.5) is 0 Å². The van der Waals surface area contributed by atoms with E-state index >= 15 is 0 Å². The minimum absolute atomic E-state index is 0.351. The fourth-order valence-corrected chi connectivity index (χ4v) is 2.54. The van der Waals surface area contributed by atoms with E-state index < -0.39 is 24.2 Å². The number of carbonyl (C=O) groups is 2. The molecule has 0 N–H and O–H groups in total. The fraction of sp³-hybridized carbons (Fsp3) is 0.211. The van der Waals surface area contributed by atoms with Crippen molar-refractivity contribution >= 4 is 22.8 Å². The van der Waals surface area contributed by atoms with Crippen LogP contribution < -0.4 is 5.56 Å². The number of amides is 1. The lowest BCUT2D eigenvalue weighted by Crippen LogP contribution is -2.34. The van der Waals surface area contributed by atoms with E-state index in [1.807, 2.05) is 0 Å². The van der Waals surface area contributed by atoms with Gasteiger partial charge in [0.1, 0.15) is 12.1 Å². The van der Waals surface area contributed by atoms with Crippen molar-refractivity contribution in [1.29, 1.82) is 0 Å². The Balaban J connectivity index is 1.84. The number of likely N-dealkylation sites (N-methyl/N-ethyl adjacent to an activating group) is 1. The van der Waals surface area contributed by atoms with Crippen molar-refractivity contribution in [3.8, 4) is 0 Å². The Bertz CT molecular complexity index is 1030. The van der Waals surface area contributed by atoms with Gasteiger partial charge in [0.05, 0.1) is 5.39 Å². The Morgan fingerprint density at radius 3 is 2.44 bits per heavy atom. The maximum atomic E-state index is 12.4. The Morgan fingerprint density at radius 1 is 1.07 bits per heavy atom. The summed E-state index contributed by atoms with van der Waals surface area (Å²) in [6, 6.07) is 15.4. The molecule has 1 atom stereocenters. The lowest BCUT2D eigenvalue weighted by Gasteiger charge is -2.21. The third-order valence-corrected chi connectivity index (χ3v) is 3.92. The molecule has 0 aliphatic heterocycles. The Labute approximate surface area is 155 Å². The van der Waals surface area contributed by atoms with Crippen LogP contribution in [0.25, 0.3) is 10.9 Å². The average molecular weight is 366 g/mol. The SMILES string of the molecule is CN(C)C(=O)C(OC(=O)Cn1nnc2ccccc2c1=O)c1ccccc1. The highest BCUT2D eigenvalue weighted by Gasteiger charge is 2.26. The number of rotatable bonds is 5. The quantitative estimate of drug-likeness (QED) is 0.629. The first-order valence-corrected chi connectivity index (χ1v) is 8.25. The van der Waals surface area contributed by atoms with Gasteiger partial charge in [-0.2, -0.15) is 4.68 Å². The minimum atomic E-state index is -1.10. The normalized spacial score (nSPS) is 11.8. The molecule has 0 saturated carbocycles. The van der Waals surface area contributed by atoms with Crippen LogP contribution in [0.5, 0.6) is 0 Å². The summed E-state index contributed by atoms with van der Waals surface area (Å²) >= 11 is 0. The Kier molecular flexibility index (Phi) is 5.25. The average Bonchev–Trinajstić information content (AvgIpc) is 2.68. The van der Waals surface area contributed by atoms with Crippen LogP contribution in [0.2, 0.25) is 0 Å². The highest BCUT2D eigenvalue weighted by Crippen LogP contribution is 2.19. The van der Waals surface area contributed by atoms with E-state index in [1.54, 1.807) is 68.7 Å². The first kappa shape index (κ1) is 18.2. The number of aromatic nitrogens is 3. The van der Waals surface area contributed by atoms with Crippen LogP contribution in [0.3, 0.4) is 0 Å². The van der Waals surface area contributed by atoms with Gasteiger partial charge in [-0.05, 0) is 12.1 Å². The number of hydrogen-bond donors (Lipinski definition) is 0. The van der Waals surface area contributed by atoms with Gasteiger partial charge in [0.2, 0.25) is 6.10 Å². The smallest absolute Gasteiger partial charge is 0.329 e. The summed E-state index contributed by atoms with van der Waals surface area (Å²) in [4.78, 5) is 38.6. The van der Waals surface area contributed by atoms with Crippen molar-refractivity contribution in [2.45, 2.75) is 12.6 Å². The van der Waals surface area contributed by atoms with E-state index in [4.69, 9.17) is 4.74 Å². The van der Waals surface area contributed by atoms with Gasteiger partial charge in [0, 0.05) is 19.7 Å². The highest BCUT2D eigenvalue weighted by atomic mass is 16.5. The summed E-state index contributed by atoms with van der Waals surface area (Å²) in [5, 5.41) is 8.04. The van der Waals surface area contributed by atoms with Gasteiger partial charge in [-0.15, -0.1) is 5.10 Å². The van der Waals surface area contributed by atoms with Gasteiger partial charge < -0.3 is 9.64 Å². The molecule has 0 fully saturated rings. The topological polar surface area (TPSA) is 94.4 Å². The van der Waals surface area contributed by atoms with Gasteiger partial charge in [-0.25, -0.2) is 0 Å². The lowest BCUT2D eigenvalue weighted by atomic mass is 10.1. The summed E-state index contributed by atoms with van der Waals surface area (Å²) in [5.41, 5.74) is 0.534. The molecule has 0 aliphatic carbocycles. The monoisotopic (exact) mass is 366 g/mol. The number of esters is 1. The zero-order valence-corrected chi connectivity index (χ0v) is 14.9. The second-order valence-corrected chi connectivity index (χ2v) is 6.08. The number of ether oxygens (including phenoxy) is 1. The summed E-state index contributed by atoms with van der Waals surface area (Å²) in [6.45, 7) is -0.444. The molecule has 8 heteroatoms. The van der Waals surface area contributed by atoms with E-state index in [0.29, 0.717) is 16.5 Å². The molecule has 1 unspecified atom stereocenters. The standard InChI is InChI=1S/C19H18N4O4/c1-22(2)19(26)17(13-8-4-3-5-9-13)27-16(24)12-23-18(25)14-10-6-7-11-15(14)20-21-23/h3-11,17H,12H2,1-2H3. The number of hydrogen-bond acceptors (Lipinski definition) is 6. The zero-order valence-electron chi connectivity index (χ0n) is 14.9. The summed E-state index contributed by atoms with van der Waals surface area (Å²) in [7, 11) is 3.15. The van der Waals surface area contributed by atoms with Crippen LogP contribution in [0.1, 0.15) is 11.7 Å². The molecule has 3 rings (SSSR count). The molecule has 1 heterocycles.